The van der Waals surface area contributed by atoms with Crippen molar-refractivity contribution in [3.8, 4) is 10.8 Å². The second kappa shape index (κ2) is 4.67. The maximum absolute atomic E-state index is 12.0. The van der Waals surface area contributed by atoms with Gasteiger partial charge in [-0.15, -0.1) is 0 Å². The Kier molecular flexibility index (Phi) is 4.61. The zero-order valence-corrected chi connectivity index (χ0v) is 8.30. The van der Waals surface area contributed by atoms with Gasteiger partial charge in [-0.1, -0.05) is 0 Å². The van der Waals surface area contributed by atoms with Crippen LogP contribution in [0, 0.1) is 10.8 Å². The summed E-state index contributed by atoms with van der Waals surface area (Å²) >= 11 is 4.70. The van der Waals surface area contributed by atoms with Gasteiger partial charge in [0.1, 0.15) is 0 Å². The highest BCUT2D eigenvalue weighted by atomic mass is 79.9. The molecule has 0 saturated heterocycles. The highest BCUT2D eigenvalue weighted by molar-refractivity contribution is 9.12. The van der Waals surface area contributed by atoms with Crippen molar-refractivity contribution < 1.29 is 13.6 Å². The van der Waals surface area contributed by atoms with E-state index in [0.29, 0.717) is 0 Å². The summed E-state index contributed by atoms with van der Waals surface area (Å²) in [4.78, 5) is 9.44. The zero-order chi connectivity index (χ0) is 8.91. The van der Waals surface area contributed by atoms with Crippen LogP contribution in [0.1, 0.15) is 0 Å². The van der Waals surface area contributed by atoms with Crippen LogP contribution in [-0.2, 0) is 4.79 Å². The molecule has 0 radical (unpaired) electrons. The number of halogens is 4. The van der Waals surface area contributed by atoms with E-state index < -0.39 is 17.3 Å². The maximum Gasteiger partial charge on any atom is 0.318 e. The molecule has 0 bridgehead atoms. The van der Waals surface area contributed by atoms with E-state index >= 15 is 0 Å². The van der Waals surface area contributed by atoms with Gasteiger partial charge in [0, 0.05) is 21.9 Å². The minimum Gasteiger partial charge on any atom is -0.338 e. The largest absolute Gasteiger partial charge is 0.338 e. The molecular weight excluding hydrogens is 288 g/mol. The first-order valence-corrected chi connectivity index (χ1v) is 4.00. The van der Waals surface area contributed by atoms with E-state index in [1.807, 2.05) is 11.2 Å². The van der Waals surface area contributed by atoms with Gasteiger partial charge in [0.25, 0.3) is 5.91 Å². The van der Waals surface area contributed by atoms with Gasteiger partial charge < -0.3 is 5.32 Å². The van der Waals surface area contributed by atoms with Gasteiger partial charge >= 0.3 is 4.83 Å². The Morgan fingerprint density at radius 1 is 1.64 bits per heavy atom. The van der Waals surface area contributed by atoms with Gasteiger partial charge in [-0.25, -0.2) is 0 Å². The summed E-state index contributed by atoms with van der Waals surface area (Å²) in [6.07, 6.45) is 0. The molecule has 0 fully saturated rings. The molecule has 0 aliphatic rings. The second-order valence-corrected chi connectivity index (χ2v) is 3.07. The van der Waals surface area contributed by atoms with E-state index in [-0.39, 0.29) is 0 Å². The Labute approximate surface area is 79.0 Å². The first kappa shape index (κ1) is 10.8. The van der Waals surface area contributed by atoms with Crippen LogP contribution >= 0.6 is 31.9 Å². The molecule has 62 valence electrons. The third-order valence-corrected chi connectivity index (χ3v) is 1.09. The molecule has 0 aromatic heterocycles. The van der Waals surface area contributed by atoms with Crippen molar-refractivity contribution in [2.75, 3.05) is 6.54 Å². The third-order valence-electron chi connectivity index (χ3n) is 0.610. The first-order valence-electron chi connectivity index (χ1n) is 2.42. The van der Waals surface area contributed by atoms with Gasteiger partial charge in [0.05, 0.1) is 6.54 Å². The molecule has 0 unspecified atom stereocenters. The van der Waals surface area contributed by atoms with Crippen LogP contribution in [0.2, 0.25) is 0 Å². The SMILES string of the molecule is O=C(C#CBr)NCC(F)(F)Br. The van der Waals surface area contributed by atoms with E-state index in [9.17, 15) is 13.6 Å². The average molecular weight is 291 g/mol. The fourth-order valence-corrected chi connectivity index (χ4v) is 0.588. The average Bonchev–Trinajstić information content (AvgIpc) is 1.83. The van der Waals surface area contributed by atoms with Crippen molar-refractivity contribution in [1.82, 2.24) is 5.32 Å². The lowest BCUT2D eigenvalue weighted by Crippen LogP contribution is -2.31. The van der Waals surface area contributed by atoms with Gasteiger partial charge in [0.2, 0.25) is 0 Å². The van der Waals surface area contributed by atoms with Crippen molar-refractivity contribution in [2.45, 2.75) is 4.83 Å². The number of hydrogen-bond donors (Lipinski definition) is 1. The molecule has 0 heterocycles. The molecule has 6 heteroatoms. The molecule has 0 spiro atoms. The number of rotatable bonds is 2. The number of amides is 1. The lowest BCUT2D eigenvalue weighted by molar-refractivity contribution is -0.116. The first-order chi connectivity index (χ1) is 4.95. The Hall–Kier alpha value is -0.150. The molecule has 0 aromatic carbocycles. The van der Waals surface area contributed by atoms with Crippen molar-refractivity contribution >= 4 is 37.8 Å². The molecule has 0 aromatic rings. The molecule has 0 saturated carbocycles. The van der Waals surface area contributed by atoms with E-state index in [4.69, 9.17) is 0 Å². The summed E-state index contributed by atoms with van der Waals surface area (Å²) in [5.74, 6) is 1.23. The molecule has 2 nitrogen and oxygen atoms in total. The third kappa shape index (κ3) is 7.75. The molecule has 0 atom stereocenters. The van der Waals surface area contributed by atoms with Crippen LogP contribution in [0.4, 0.5) is 8.78 Å². The Balaban J connectivity index is 3.69. The van der Waals surface area contributed by atoms with Crippen LogP contribution in [0.5, 0.6) is 0 Å². The van der Waals surface area contributed by atoms with Crippen molar-refractivity contribution in [3.63, 3.8) is 0 Å². The zero-order valence-electron chi connectivity index (χ0n) is 5.13. The minimum absolute atomic E-state index is 0.749. The van der Waals surface area contributed by atoms with E-state index in [1.54, 1.807) is 0 Å². The van der Waals surface area contributed by atoms with E-state index in [1.165, 1.54) is 0 Å². The van der Waals surface area contributed by atoms with Gasteiger partial charge in [-0.3, -0.25) is 4.79 Å². The molecule has 0 rings (SSSR count). The van der Waals surface area contributed by atoms with Crippen LogP contribution in [0.15, 0.2) is 0 Å². The van der Waals surface area contributed by atoms with Crippen molar-refractivity contribution in [1.29, 1.82) is 0 Å². The van der Waals surface area contributed by atoms with Crippen LogP contribution < -0.4 is 5.32 Å². The summed E-state index contributed by atoms with van der Waals surface area (Å²) < 4.78 is 23.9. The quantitative estimate of drug-likeness (QED) is 0.605. The fourth-order valence-electron chi connectivity index (χ4n) is 0.268. The van der Waals surface area contributed by atoms with E-state index in [2.05, 4.69) is 36.7 Å². The predicted molar refractivity (Wildman–Crippen MR) is 43.6 cm³/mol. The number of carbonyl (C=O) groups is 1. The topological polar surface area (TPSA) is 29.1 Å². The number of hydrogen-bond acceptors (Lipinski definition) is 1. The van der Waals surface area contributed by atoms with Crippen molar-refractivity contribution in [2.24, 2.45) is 0 Å². The lowest BCUT2D eigenvalue weighted by atomic mass is 10.6. The summed E-state index contributed by atoms with van der Waals surface area (Å²) in [7, 11) is 0. The van der Waals surface area contributed by atoms with E-state index in [0.717, 1.165) is 0 Å². The summed E-state index contributed by atoms with van der Waals surface area (Å²) in [5.41, 5.74) is 0. The van der Waals surface area contributed by atoms with Crippen LogP contribution in [0.3, 0.4) is 0 Å². The normalized spacial score (nSPS) is 9.82. The Morgan fingerprint density at radius 3 is 2.55 bits per heavy atom. The van der Waals surface area contributed by atoms with Gasteiger partial charge in [0.15, 0.2) is 0 Å². The molecular formula is C5H3Br2F2NO. The minimum atomic E-state index is -3.07. The summed E-state index contributed by atoms with van der Waals surface area (Å²) in [6, 6.07) is 0. The van der Waals surface area contributed by atoms with Crippen LogP contribution in [0.25, 0.3) is 0 Å². The molecule has 0 aliphatic heterocycles. The molecule has 11 heavy (non-hydrogen) atoms. The number of carbonyl (C=O) groups excluding carboxylic acids is 1. The highest BCUT2D eigenvalue weighted by Gasteiger charge is 2.23. The number of nitrogens with one attached hydrogen (secondary N) is 1. The molecule has 1 amide bonds. The number of alkyl halides is 3. The standard InChI is InChI=1S/C5H3Br2F2NO/c6-2-1-4(11)10-3-5(7,8)9/h3H2,(H,10,11). The van der Waals surface area contributed by atoms with Crippen molar-refractivity contribution in [3.05, 3.63) is 0 Å². The monoisotopic (exact) mass is 289 g/mol. The molecule has 0 aliphatic carbocycles. The smallest absolute Gasteiger partial charge is 0.318 e. The van der Waals surface area contributed by atoms with Gasteiger partial charge in [-0.2, -0.15) is 8.78 Å². The summed E-state index contributed by atoms with van der Waals surface area (Å²) in [6.45, 7) is -0.770. The maximum atomic E-state index is 12.0. The van der Waals surface area contributed by atoms with Crippen LogP contribution in [-0.4, -0.2) is 17.3 Å². The Bertz CT molecular complexity index is 203. The predicted octanol–water partition coefficient (Wildman–Crippen LogP) is 1.45. The Morgan fingerprint density at radius 2 is 2.18 bits per heavy atom. The lowest BCUT2D eigenvalue weighted by Gasteiger charge is -2.06. The second-order valence-electron chi connectivity index (χ2n) is 1.52. The summed E-state index contributed by atoms with van der Waals surface area (Å²) in [5, 5.41) is 1.88. The molecule has 1 N–H and O–H groups in total. The van der Waals surface area contributed by atoms with Gasteiger partial charge in [-0.05, 0) is 20.8 Å². The fraction of sp³-hybridized carbons (Fsp3) is 0.400. The highest BCUT2D eigenvalue weighted by Crippen LogP contribution is 2.19.